The van der Waals surface area contributed by atoms with Gasteiger partial charge in [-0.25, -0.2) is 0 Å². The molecule has 1 aliphatic rings. The average Bonchev–Trinajstić information content (AvgIpc) is 2.33. The van der Waals surface area contributed by atoms with Crippen LogP contribution in [0.15, 0.2) is 15.0 Å². The van der Waals surface area contributed by atoms with E-state index in [2.05, 4.69) is 51.0 Å². The number of hydrogen-bond donors (Lipinski definition) is 1. The van der Waals surface area contributed by atoms with Crippen molar-refractivity contribution in [2.75, 3.05) is 13.7 Å². The zero-order valence-corrected chi connectivity index (χ0v) is 13.9. The third kappa shape index (κ3) is 2.68. The number of fused-ring (bicyclic) bond motifs is 1. The summed E-state index contributed by atoms with van der Waals surface area (Å²) in [5, 5.41) is 3.57. The SMILES string of the molecule is COc1cc(Br)c2c(c1Br)C(NC(C)C)CCO2. The molecule has 0 aromatic heterocycles. The molecule has 18 heavy (non-hydrogen) atoms. The van der Waals surface area contributed by atoms with Crippen LogP contribution in [0.3, 0.4) is 0 Å². The molecule has 0 amide bonds. The summed E-state index contributed by atoms with van der Waals surface area (Å²) in [6.07, 6.45) is 0.962. The van der Waals surface area contributed by atoms with Crippen LogP contribution >= 0.6 is 31.9 Å². The lowest BCUT2D eigenvalue weighted by atomic mass is 9.99. The van der Waals surface area contributed by atoms with Gasteiger partial charge >= 0.3 is 0 Å². The summed E-state index contributed by atoms with van der Waals surface area (Å²) in [4.78, 5) is 0. The van der Waals surface area contributed by atoms with Crippen molar-refractivity contribution in [2.45, 2.75) is 32.4 Å². The molecular formula is C13H17Br2NO2. The lowest BCUT2D eigenvalue weighted by Crippen LogP contribution is -2.32. The van der Waals surface area contributed by atoms with E-state index < -0.39 is 0 Å². The van der Waals surface area contributed by atoms with Gasteiger partial charge in [-0.3, -0.25) is 0 Å². The normalized spacial score (nSPS) is 18.4. The lowest BCUT2D eigenvalue weighted by molar-refractivity contribution is 0.244. The second-order valence-electron chi connectivity index (χ2n) is 4.63. The average molecular weight is 379 g/mol. The summed E-state index contributed by atoms with van der Waals surface area (Å²) >= 11 is 7.17. The molecule has 5 heteroatoms. The zero-order valence-electron chi connectivity index (χ0n) is 10.7. The van der Waals surface area contributed by atoms with Gasteiger partial charge in [-0.15, -0.1) is 0 Å². The first-order chi connectivity index (χ1) is 8.54. The molecule has 0 saturated carbocycles. The maximum atomic E-state index is 5.77. The Kier molecular flexibility index (Phi) is 4.56. The Balaban J connectivity index is 2.50. The first-order valence-corrected chi connectivity index (χ1v) is 7.58. The van der Waals surface area contributed by atoms with Crippen LogP contribution in [-0.2, 0) is 0 Å². The molecule has 100 valence electrons. The summed E-state index contributed by atoms with van der Waals surface area (Å²) in [5.41, 5.74) is 1.14. The van der Waals surface area contributed by atoms with Gasteiger partial charge in [-0.2, -0.15) is 0 Å². The monoisotopic (exact) mass is 377 g/mol. The molecule has 0 saturated heterocycles. The third-order valence-corrected chi connectivity index (χ3v) is 4.33. The van der Waals surface area contributed by atoms with Crippen molar-refractivity contribution in [3.63, 3.8) is 0 Å². The molecule has 1 unspecified atom stereocenters. The second kappa shape index (κ2) is 5.80. The van der Waals surface area contributed by atoms with Crippen molar-refractivity contribution in [2.24, 2.45) is 0 Å². The molecule has 2 rings (SSSR count). The standard InChI is InChI=1S/C13H17Br2NO2/c1-7(2)16-9-4-5-18-13-8(14)6-10(17-3)12(15)11(9)13/h6-7,9,16H,4-5H2,1-3H3. The van der Waals surface area contributed by atoms with E-state index in [9.17, 15) is 0 Å². The first-order valence-electron chi connectivity index (χ1n) is 5.99. The van der Waals surface area contributed by atoms with Gasteiger partial charge < -0.3 is 14.8 Å². The van der Waals surface area contributed by atoms with Crippen molar-refractivity contribution >= 4 is 31.9 Å². The van der Waals surface area contributed by atoms with E-state index in [0.717, 1.165) is 39.0 Å². The van der Waals surface area contributed by atoms with E-state index in [1.165, 1.54) is 0 Å². The van der Waals surface area contributed by atoms with Gasteiger partial charge in [0.05, 0.1) is 22.7 Å². The smallest absolute Gasteiger partial charge is 0.139 e. The fraction of sp³-hybridized carbons (Fsp3) is 0.538. The molecule has 1 aromatic carbocycles. The summed E-state index contributed by atoms with van der Waals surface area (Å²) in [6.45, 7) is 5.03. The number of halogens is 2. The van der Waals surface area contributed by atoms with Crippen LogP contribution in [0.5, 0.6) is 11.5 Å². The van der Waals surface area contributed by atoms with Crippen molar-refractivity contribution in [3.05, 3.63) is 20.6 Å². The highest BCUT2D eigenvalue weighted by Gasteiger charge is 2.28. The van der Waals surface area contributed by atoms with Crippen LogP contribution in [0.1, 0.15) is 31.9 Å². The fourth-order valence-corrected chi connectivity index (χ4v) is 3.47. The van der Waals surface area contributed by atoms with Gasteiger partial charge in [0.2, 0.25) is 0 Å². The minimum atomic E-state index is 0.287. The molecule has 0 radical (unpaired) electrons. The predicted molar refractivity (Wildman–Crippen MR) is 79.5 cm³/mol. The van der Waals surface area contributed by atoms with Crippen molar-refractivity contribution in [1.82, 2.24) is 5.32 Å². The van der Waals surface area contributed by atoms with Crippen molar-refractivity contribution in [3.8, 4) is 11.5 Å². The molecule has 3 nitrogen and oxygen atoms in total. The molecule has 1 N–H and O–H groups in total. The molecule has 0 aliphatic carbocycles. The number of rotatable bonds is 3. The van der Waals surface area contributed by atoms with Gasteiger partial charge in [-0.05, 0) is 37.9 Å². The summed E-state index contributed by atoms with van der Waals surface area (Å²) in [6, 6.07) is 2.65. The maximum Gasteiger partial charge on any atom is 0.139 e. The van der Waals surface area contributed by atoms with Gasteiger partial charge in [0, 0.05) is 24.1 Å². The lowest BCUT2D eigenvalue weighted by Gasteiger charge is -2.30. The van der Waals surface area contributed by atoms with E-state index in [-0.39, 0.29) is 6.04 Å². The van der Waals surface area contributed by atoms with Gasteiger partial charge in [-0.1, -0.05) is 13.8 Å². The highest BCUT2D eigenvalue weighted by Crippen LogP contribution is 2.46. The maximum absolute atomic E-state index is 5.77. The van der Waals surface area contributed by atoms with E-state index in [1.807, 2.05) is 6.07 Å². The van der Waals surface area contributed by atoms with Gasteiger partial charge in [0.15, 0.2) is 0 Å². The minimum Gasteiger partial charge on any atom is -0.496 e. The molecule has 0 fully saturated rings. The largest absolute Gasteiger partial charge is 0.496 e. The Morgan fingerprint density at radius 1 is 1.44 bits per heavy atom. The number of nitrogens with one attached hydrogen (secondary N) is 1. The highest BCUT2D eigenvalue weighted by atomic mass is 79.9. The summed E-state index contributed by atoms with van der Waals surface area (Å²) < 4.78 is 13.1. The number of benzene rings is 1. The van der Waals surface area contributed by atoms with Crippen LogP contribution in [-0.4, -0.2) is 19.8 Å². The highest BCUT2D eigenvalue weighted by molar-refractivity contribution is 9.11. The minimum absolute atomic E-state index is 0.287. The van der Waals surface area contributed by atoms with E-state index in [1.54, 1.807) is 7.11 Å². The van der Waals surface area contributed by atoms with Crippen LogP contribution in [0.2, 0.25) is 0 Å². The Morgan fingerprint density at radius 2 is 2.17 bits per heavy atom. The van der Waals surface area contributed by atoms with Gasteiger partial charge in [0.25, 0.3) is 0 Å². The Morgan fingerprint density at radius 3 is 2.78 bits per heavy atom. The first kappa shape index (κ1) is 14.2. The molecule has 1 heterocycles. The number of methoxy groups -OCH3 is 1. The molecule has 0 spiro atoms. The predicted octanol–water partition coefficient (Wildman–Crippen LogP) is 4.04. The van der Waals surface area contributed by atoms with Crippen molar-refractivity contribution in [1.29, 1.82) is 0 Å². The second-order valence-corrected chi connectivity index (χ2v) is 6.28. The topological polar surface area (TPSA) is 30.5 Å². The number of hydrogen-bond acceptors (Lipinski definition) is 3. The van der Waals surface area contributed by atoms with Crippen LogP contribution in [0, 0.1) is 0 Å². The van der Waals surface area contributed by atoms with E-state index in [0.29, 0.717) is 6.04 Å². The molecule has 1 atom stereocenters. The van der Waals surface area contributed by atoms with Crippen LogP contribution in [0.25, 0.3) is 0 Å². The summed E-state index contributed by atoms with van der Waals surface area (Å²) in [5.74, 6) is 1.73. The molecule has 0 bridgehead atoms. The Hall–Kier alpha value is -0.260. The van der Waals surface area contributed by atoms with Crippen LogP contribution in [0.4, 0.5) is 0 Å². The van der Waals surface area contributed by atoms with Gasteiger partial charge in [0.1, 0.15) is 11.5 Å². The zero-order chi connectivity index (χ0) is 13.3. The number of ether oxygens (including phenoxy) is 2. The summed E-state index contributed by atoms with van der Waals surface area (Å²) in [7, 11) is 1.67. The van der Waals surface area contributed by atoms with E-state index in [4.69, 9.17) is 9.47 Å². The third-order valence-electron chi connectivity index (χ3n) is 2.93. The molecule has 1 aromatic rings. The Labute approximate surface area is 124 Å². The molecule has 1 aliphatic heterocycles. The quantitative estimate of drug-likeness (QED) is 0.860. The fourth-order valence-electron chi connectivity index (χ4n) is 2.20. The molecular weight excluding hydrogens is 362 g/mol. The van der Waals surface area contributed by atoms with E-state index >= 15 is 0 Å². The van der Waals surface area contributed by atoms with Crippen molar-refractivity contribution < 1.29 is 9.47 Å². The Bertz CT molecular complexity index is 449. The van der Waals surface area contributed by atoms with Crippen LogP contribution < -0.4 is 14.8 Å².